The van der Waals surface area contributed by atoms with Gasteiger partial charge in [0.2, 0.25) is 0 Å². The Kier molecular flexibility index (Phi) is 4.19. The lowest BCUT2D eigenvalue weighted by Crippen LogP contribution is -2.09. The van der Waals surface area contributed by atoms with Crippen molar-refractivity contribution < 1.29 is 9.13 Å². The fraction of sp³-hybridized carbons (Fsp3) is 0.143. The molecule has 2 nitrogen and oxygen atoms in total. The minimum Gasteiger partial charge on any atom is -0.457 e. The standard InChI is InChI=1S/C14H13FINO/c1-9(17)14-12(15)3-2-4-13(14)18-11-7-5-10(16)6-8-11/h2-9H,17H2,1H3/t9-/m1/s1. The van der Waals surface area contributed by atoms with Gasteiger partial charge < -0.3 is 10.5 Å². The highest BCUT2D eigenvalue weighted by molar-refractivity contribution is 14.1. The van der Waals surface area contributed by atoms with E-state index < -0.39 is 6.04 Å². The van der Waals surface area contributed by atoms with E-state index in [1.807, 2.05) is 24.3 Å². The van der Waals surface area contributed by atoms with Crippen molar-refractivity contribution in [3.8, 4) is 11.5 Å². The third-order valence-corrected chi connectivity index (χ3v) is 3.23. The van der Waals surface area contributed by atoms with Crippen molar-refractivity contribution in [1.29, 1.82) is 0 Å². The molecule has 0 aliphatic rings. The lowest BCUT2D eigenvalue weighted by molar-refractivity contribution is 0.461. The highest BCUT2D eigenvalue weighted by Gasteiger charge is 2.14. The van der Waals surface area contributed by atoms with Crippen molar-refractivity contribution in [1.82, 2.24) is 0 Å². The number of hydrogen-bond donors (Lipinski definition) is 1. The molecule has 0 fully saturated rings. The van der Waals surface area contributed by atoms with Crippen LogP contribution in [0.5, 0.6) is 11.5 Å². The molecule has 94 valence electrons. The summed E-state index contributed by atoms with van der Waals surface area (Å²) in [5, 5.41) is 0. The van der Waals surface area contributed by atoms with Crippen LogP contribution in [0.25, 0.3) is 0 Å². The van der Waals surface area contributed by atoms with Crippen LogP contribution in [0.1, 0.15) is 18.5 Å². The van der Waals surface area contributed by atoms with Gasteiger partial charge in [-0.2, -0.15) is 0 Å². The third-order valence-electron chi connectivity index (χ3n) is 2.51. The van der Waals surface area contributed by atoms with Crippen molar-refractivity contribution in [3.63, 3.8) is 0 Å². The number of ether oxygens (including phenoxy) is 1. The average molecular weight is 357 g/mol. The molecule has 4 heteroatoms. The smallest absolute Gasteiger partial charge is 0.135 e. The fourth-order valence-electron chi connectivity index (χ4n) is 1.68. The number of hydrogen-bond acceptors (Lipinski definition) is 2. The zero-order valence-electron chi connectivity index (χ0n) is 9.86. The van der Waals surface area contributed by atoms with Gasteiger partial charge in [-0.3, -0.25) is 0 Å². The van der Waals surface area contributed by atoms with Crippen LogP contribution in [0, 0.1) is 9.39 Å². The lowest BCUT2D eigenvalue weighted by atomic mass is 10.1. The third kappa shape index (κ3) is 3.00. The van der Waals surface area contributed by atoms with Crippen LogP contribution < -0.4 is 10.5 Å². The Hall–Kier alpha value is -1.14. The molecule has 2 aromatic carbocycles. The molecule has 2 rings (SSSR count). The predicted octanol–water partition coefficient (Wildman–Crippen LogP) is 4.24. The van der Waals surface area contributed by atoms with Crippen molar-refractivity contribution in [2.24, 2.45) is 5.73 Å². The van der Waals surface area contributed by atoms with Gasteiger partial charge in [-0.15, -0.1) is 0 Å². The number of rotatable bonds is 3. The van der Waals surface area contributed by atoms with Crippen molar-refractivity contribution >= 4 is 22.6 Å². The Morgan fingerprint density at radius 3 is 2.44 bits per heavy atom. The SMILES string of the molecule is C[C@@H](N)c1c(F)cccc1Oc1ccc(I)cc1. The van der Waals surface area contributed by atoms with E-state index in [4.69, 9.17) is 10.5 Å². The molecule has 2 N–H and O–H groups in total. The summed E-state index contributed by atoms with van der Waals surface area (Å²) < 4.78 is 20.5. The first kappa shape index (κ1) is 13.3. The molecule has 0 saturated heterocycles. The van der Waals surface area contributed by atoms with Gasteiger partial charge in [-0.25, -0.2) is 4.39 Å². The largest absolute Gasteiger partial charge is 0.457 e. The van der Waals surface area contributed by atoms with E-state index in [1.54, 1.807) is 19.1 Å². The second-order valence-electron chi connectivity index (χ2n) is 4.00. The Balaban J connectivity index is 2.34. The molecule has 0 aromatic heterocycles. The van der Waals surface area contributed by atoms with Crippen molar-refractivity contribution in [3.05, 3.63) is 57.4 Å². The van der Waals surface area contributed by atoms with Crippen LogP contribution in [0.2, 0.25) is 0 Å². The maximum Gasteiger partial charge on any atom is 0.135 e. The summed E-state index contributed by atoms with van der Waals surface area (Å²) in [6, 6.07) is 11.9. The van der Waals surface area contributed by atoms with E-state index in [9.17, 15) is 4.39 Å². The fourth-order valence-corrected chi connectivity index (χ4v) is 2.04. The van der Waals surface area contributed by atoms with Gasteiger partial charge in [0.05, 0.1) is 0 Å². The molecule has 0 radical (unpaired) electrons. The van der Waals surface area contributed by atoms with Crippen LogP contribution in [-0.4, -0.2) is 0 Å². The predicted molar refractivity (Wildman–Crippen MR) is 78.2 cm³/mol. The molecule has 0 aliphatic heterocycles. The van der Waals surface area contributed by atoms with Crippen molar-refractivity contribution in [2.45, 2.75) is 13.0 Å². The highest BCUT2D eigenvalue weighted by atomic mass is 127. The van der Waals surface area contributed by atoms with E-state index in [-0.39, 0.29) is 5.82 Å². The summed E-state index contributed by atoms with van der Waals surface area (Å²) in [5.74, 6) is 0.794. The normalized spacial score (nSPS) is 12.2. The molecule has 0 unspecified atom stereocenters. The number of nitrogens with two attached hydrogens (primary N) is 1. The molecule has 1 atom stereocenters. The molecular formula is C14H13FINO. The van der Waals surface area contributed by atoms with E-state index in [1.165, 1.54) is 6.07 Å². The van der Waals surface area contributed by atoms with Crippen LogP contribution in [0.4, 0.5) is 4.39 Å². The van der Waals surface area contributed by atoms with Crippen LogP contribution in [-0.2, 0) is 0 Å². The maximum absolute atomic E-state index is 13.7. The van der Waals surface area contributed by atoms with Gasteiger partial charge in [-0.1, -0.05) is 6.07 Å². The van der Waals surface area contributed by atoms with Crippen LogP contribution in [0.3, 0.4) is 0 Å². The Morgan fingerprint density at radius 2 is 1.83 bits per heavy atom. The van der Waals surface area contributed by atoms with E-state index in [2.05, 4.69) is 22.6 Å². The highest BCUT2D eigenvalue weighted by Crippen LogP contribution is 2.30. The minimum atomic E-state index is -0.412. The molecule has 0 bridgehead atoms. The summed E-state index contributed by atoms with van der Waals surface area (Å²) in [5.41, 5.74) is 6.17. The average Bonchev–Trinajstić information content (AvgIpc) is 2.32. The summed E-state index contributed by atoms with van der Waals surface area (Å²) in [6.45, 7) is 1.74. The maximum atomic E-state index is 13.7. The zero-order chi connectivity index (χ0) is 13.1. The van der Waals surface area contributed by atoms with E-state index >= 15 is 0 Å². The van der Waals surface area contributed by atoms with Gasteiger partial charge in [-0.05, 0) is 65.9 Å². The molecule has 0 aliphatic carbocycles. The molecule has 0 amide bonds. The van der Waals surface area contributed by atoms with Gasteiger partial charge in [0.15, 0.2) is 0 Å². The van der Waals surface area contributed by atoms with Crippen LogP contribution >= 0.6 is 22.6 Å². The Morgan fingerprint density at radius 1 is 1.17 bits per heavy atom. The van der Waals surface area contributed by atoms with E-state index in [0.717, 1.165) is 3.57 Å². The van der Waals surface area contributed by atoms with Gasteiger partial charge in [0, 0.05) is 15.2 Å². The second kappa shape index (κ2) is 5.67. The van der Waals surface area contributed by atoms with Crippen molar-refractivity contribution in [2.75, 3.05) is 0 Å². The monoisotopic (exact) mass is 357 g/mol. The Bertz CT molecular complexity index is 540. The molecule has 2 aromatic rings. The summed E-state index contributed by atoms with van der Waals surface area (Å²) >= 11 is 2.21. The van der Waals surface area contributed by atoms with Gasteiger partial charge >= 0.3 is 0 Å². The molecule has 0 spiro atoms. The topological polar surface area (TPSA) is 35.2 Å². The van der Waals surface area contributed by atoms with Crippen LogP contribution in [0.15, 0.2) is 42.5 Å². The minimum absolute atomic E-state index is 0.340. The first-order valence-electron chi connectivity index (χ1n) is 5.55. The Labute approximate surface area is 119 Å². The summed E-state index contributed by atoms with van der Waals surface area (Å²) in [6.07, 6.45) is 0. The van der Waals surface area contributed by atoms with Gasteiger partial charge in [0.25, 0.3) is 0 Å². The summed E-state index contributed by atoms with van der Waals surface area (Å²) in [7, 11) is 0. The summed E-state index contributed by atoms with van der Waals surface area (Å²) in [4.78, 5) is 0. The molecule has 0 saturated carbocycles. The zero-order valence-corrected chi connectivity index (χ0v) is 12.0. The van der Waals surface area contributed by atoms with Gasteiger partial charge in [0.1, 0.15) is 17.3 Å². The molecular weight excluding hydrogens is 344 g/mol. The first-order valence-corrected chi connectivity index (χ1v) is 6.63. The number of halogens is 2. The lowest BCUT2D eigenvalue weighted by Gasteiger charge is -2.14. The quantitative estimate of drug-likeness (QED) is 0.834. The molecule has 0 heterocycles. The number of benzene rings is 2. The molecule has 18 heavy (non-hydrogen) atoms. The van der Waals surface area contributed by atoms with E-state index in [0.29, 0.717) is 17.1 Å². The first-order chi connectivity index (χ1) is 8.58. The second-order valence-corrected chi connectivity index (χ2v) is 5.24.